The van der Waals surface area contributed by atoms with E-state index >= 15 is 0 Å². The lowest BCUT2D eigenvalue weighted by Gasteiger charge is -1.97. The molecule has 0 aliphatic carbocycles. The van der Waals surface area contributed by atoms with Gasteiger partial charge in [-0.05, 0) is 30.5 Å². The van der Waals surface area contributed by atoms with E-state index < -0.39 is 0 Å². The van der Waals surface area contributed by atoms with E-state index in [9.17, 15) is 0 Å². The van der Waals surface area contributed by atoms with Gasteiger partial charge >= 0.3 is 0 Å². The van der Waals surface area contributed by atoms with Gasteiger partial charge in [-0.25, -0.2) is 0 Å². The molecule has 0 aromatic heterocycles. The molecule has 0 spiro atoms. The molecule has 0 fully saturated rings. The van der Waals surface area contributed by atoms with Gasteiger partial charge in [-0.3, -0.25) is 0 Å². The molecule has 1 aromatic carbocycles. The van der Waals surface area contributed by atoms with Gasteiger partial charge in [-0.1, -0.05) is 45.0 Å². The summed E-state index contributed by atoms with van der Waals surface area (Å²) in [5, 5.41) is 0. The summed E-state index contributed by atoms with van der Waals surface area (Å²) in [6, 6.07) is 8.83. The van der Waals surface area contributed by atoms with Crippen molar-refractivity contribution < 1.29 is 0 Å². The van der Waals surface area contributed by atoms with E-state index in [-0.39, 0.29) is 0 Å². The van der Waals surface area contributed by atoms with Gasteiger partial charge in [0.05, 0.1) is 0 Å². The predicted octanol–water partition coefficient (Wildman–Crippen LogP) is 2.78. The van der Waals surface area contributed by atoms with Crippen LogP contribution in [0.25, 0.3) is 0 Å². The lowest BCUT2D eigenvalue weighted by molar-refractivity contribution is 1.10. The van der Waals surface area contributed by atoms with Gasteiger partial charge in [0, 0.05) is 0 Å². The van der Waals surface area contributed by atoms with Crippen LogP contribution in [0.2, 0.25) is 0 Å². The van der Waals surface area contributed by atoms with E-state index in [4.69, 9.17) is 5.73 Å². The highest BCUT2D eigenvalue weighted by molar-refractivity contribution is 5.22. The Morgan fingerprint density at radius 2 is 1.08 bits per heavy atom. The molecule has 1 heteroatoms. The second kappa shape index (κ2) is 7.81. The van der Waals surface area contributed by atoms with Crippen molar-refractivity contribution in [3.63, 3.8) is 0 Å². The number of aryl methyl sites for hydroxylation is 2. The van der Waals surface area contributed by atoms with Crippen molar-refractivity contribution in [2.24, 2.45) is 5.73 Å². The average molecular weight is 179 g/mol. The smallest absolute Gasteiger partial charge is 0.0106 e. The number of rotatable bonds is 2. The van der Waals surface area contributed by atoms with Crippen LogP contribution in [0.1, 0.15) is 31.9 Å². The van der Waals surface area contributed by atoms with Gasteiger partial charge < -0.3 is 5.73 Å². The van der Waals surface area contributed by atoms with E-state index in [0.717, 1.165) is 19.4 Å². The molecule has 0 saturated carbocycles. The fourth-order valence-corrected chi connectivity index (χ4v) is 1.01. The molecule has 0 bridgehead atoms. The minimum Gasteiger partial charge on any atom is -0.331 e. The SMILES string of the molecule is CCN.CCc1ccc(CC)cc1. The van der Waals surface area contributed by atoms with E-state index in [1.54, 1.807) is 0 Å². The van der Waals surface area contributed by atoms with Gasteiger partial charge in [0.2, 0.25) is 0 Å². The van der Waals surface area contributed by atoms with Crippen molar-refractivity contribution in [2.75, 3.05) is 6.54 Å². The first-order chi connectivity index (χ1) is 6.28. The van der Waals surface area contributed by atoms with Crippen molar-refractivity contribution in [2.45, 2.75) is 33.6 Å². The Hall–Kier alpha value is -0.820. The maximum atomic E-state index is 4.85. The third-order valence-electron chi connectivity index (χ3n) is 1.84. The number of hydrogen-bond acceptors (Lipinski definition) is 1. The standard InChI is InChI=1S/C10H14.C2H7N/c1-3-9-5-7-10(4-2)8-6-9;1-2-3/h5-8H,3-4H2,1-2H3;2-3H2,1H3. The molecule has 2 N–H and O–H groups in total. The molecule has 0 atom stereocenters. The van der Waals surface area contributed by atoms with Crippen molar-refractivity contribution in [3.8, 4) is 0 Å². The lowest BCUT2D eigenvalue weighted by atomic mass is 10.1. The third kappa shape index (κ3) is 5.42. The Labute approximate surface area is 82.0 Å². The Bertz CT molecular complexity index is 178. The van der Waals surface area contributed by atoms with Crippen LogP contribution in [0.5, 0.6) is 0 Å². The first-order valence-electron chi connectivity index (χ1n) is 5.06. The maximum Gasteiger partial charge on any atom is -0.0106 e. The van der Waals surface area contributed by atoms with Crippen molar-refractivity contribution in [1.29, 1.82) is 0 Å². The molecule has 1 nitrogen and oxygen atoms in total. The van der Waals surface area contributed by atoms with Crippen molar-refractivity contribution in [3.05, 3.63) is 35.4 Å². The second-order valence-corrected chi connectivity index (χ2v) is 2.93. The molecule has 1 rings (SSSR count). The van der Waals surface area contributed by atoms with Crippen LogP contribution in [0, 0.1) is 0 Å². The fraction of sp³-hybridized carbons (Fsp3) is 0.500. The summed E-state index contributed by atoms with van der Waals surface area (Å²) in [6.45, 7) is 7.02. The number of hydrogen-bond donors (Lipinski definition) is 1. The molecule has 74 valence electrons. The van der Waals surface area contributed by atoms with Gasteiger partial charge in [0.1, 0.15) is 0 Å². The van der Waals surface area contributed by atoms with Crippen LogP contribution < -0.4 is 5.73 Å². The highest BCUT2D eigenvalue weighted by Gasteiger charge is 1.88. The summed E-state index contributed by atoms with van der Waals surface area (Å²) in [4.78, 5) is 0. The Kier molecular flexibility index (Phi) is 7.32. The van der Waals surface area contributed by atoms with E-state index in [2.05, 4.69) is 38.1 Å². The first-order valence-corrected chi connectivity index (χ1v) is 5.06. The number of nitrogens with two attached hydrogens (primary N) is 1. The third-order valence-corrected chi connectivity index (χ3v) is 1.84. The van der Waals surface area contributed by atoms with E-state index in [0.29, 0.717) is 0 Å². The van der Waals surface area contributed by atoms with Gasteiger partial charge in [-0.2, -0.15) is 0 Å². The monoisotopic (exact) mass is 179 g/mol. The zero-order chi connectivity index (χ0) is 10.1. The summed E-state index contributed by atoms with van der Waals surface area (Å²) in [6.07, 6.45) is 2.29. The average Bonchev–Trinajstić information content (AvgIpc) is 2.19. The topological polar surface area (TPSA) is 26.0 Å². The second-order valence-electron chi connectivity index (χ2n) is 2.93. The minimum absolute atomic E-state index is 0.750. The Morgan fingerprint density at radius 1 is 0.846 bits per heavy atom. The molecule has 0 amide bonds. The normalized spacial score (nSPS) is 8.92. The summed E-state index contributed by atoms with van der Waals surface area (Å²) in [5.74, 6) is 0. The predicted molar refractivity (Wildman–Crippen MR) is 59.9 cm³/mol. The van der Waals surface area contributed by atoms with Crippen molar-refractivity contribution >= 4 is 0 Å². The van der Waals surface area contributed by atoms with Crippen LogP contribution in [0.4, 0.5) is 0 Å². The highest BCUT2D eigenvalue weighted by Crippen LogP contribution is 2.04. The quantitative estimate of drug-likeness (QED) is 0.742. The van der Waals surface area contributed by atoms with Crippen LogP contribution >= 0.6 is 0 Å². The van der Waals surface area contributed by atoms with E-state index in [1.807, 2.05) is 6.92 Å². The van der Waals surface area contributed by atoms with Gasteiger partial charge in [0.15, 0.2) is 0 Å². The molecule has 0 unspecified atom stereocenters. The summed E-state index contributed by atoms with van der Waals surface area (Å²) in [5.41, 5.74) is 7.70. The largest absolute Gasteiger partial charge is 0.331 e. The maximum absolute atomic E-state index is 4.85. The fourth-order valence-electron chi connectivity index (χ4n) is 1.01. The molecule has 0 aliphatic heterocycles. The lowest BCUT2D eigenvalue weighted by Crippen LogP contribution is -1.87. The molecule has 0 aliphatic rings. The summed E-state index contributed by atoms with van der Waals surface area (Å²) < 4.78 is 0. The molecule has 0 saturated heterocycles. The van der Waals surface area contributed by atoms with Crippen molar-refractivity contribution in [1.82, 2.24) is 0 Å². The number of benzene rings is 1. The van der Waals surface area contributed by atoms with Gasteiger partial charge in [0.25, 0.3) is 0 Å². The van der Waals surface area contributed by atoms with Crippen LogP contribution in [-0.4, -0.2) is 6.54 Å². The summed E-state index contributed by atoms with van der Waals surface area (Å²) >= 11 is 0. The molecule has 0 heterocycles. The van der Waals surface area contributed by atoms with Crippen LogP contribution in [0.3, 0.4) is 0 Å². The first kappa shape index (κ1) is 12.2. The van der Waals surface area contributed by atoms with Gasteiger partial charge in [-0.15, -0.1) is 0 Å². The zero-order valence-corrected chi connectivity index (χ0v) is 9.01. The Balaban J connectivity index is 0.000000424. The zero-order valence-electron chi connectivity index (χ0n) is 9.01. The minimum atomic E-state index is 0.750. The Morgan fingerprint density at radius 3 is 1.23 bits per heavy atom. The molecule has 0 radical (unpaired) electrons. The summed E-state index contributed by atoms with van der Waals surface area (Å²) in [7, 11) is 0. The van der Waals surface area contributed by atoms with Crippen LogP contribution in [0.15, 0.2) is 24.3 Å². The molecule has 13 heavy (non-hydrogen) atoms. The van der Waals surface area contributed by atoms with Crippen LogP contribution in [-0.2, 0) is 12.8 Å². The molecular weight excluding hydrogens is 158 g/mol. The molecule has 1 aromatic rings. The molecular formula is C12H21N. The highest BCUT2D eigenvalue weighted by atomic mass is 14.5. The van der Waals surface area contributed by atoms with E-state index in [1.165, 1.54) is 11.1 Å².